The topological polar surface area (TPSA) is 4.44 Å². The summed E-state index contributed by atoms with van der Waals surface area (Å²) in [4.78, 5) is 1.65. The summed E-state index contributed by atoms with van der Waals surface area (Å²) in [6.45, 7) is 4.70. The Hall–Kier alpha value is -3.66. The van der Waals surface area contributed by atoms with Crippen LogP contribution >= 0.6 is 0 Å². The van der Waals surface area contributed by atoms with Crippen LogP contribution in [0, 0.1) is 74.2 Å². The fraction of sp³-hybridized carbons (Fsp3) is 0.333. The highest BCUT2D eigenvalue weighted by atomic mass is 19.2. The number of benzene rings is 4. The molecule has 0 aliphatic heterocycles. The molecular weight excluding hydrogens is 609 g/mol. The predicted octanol–water partition coefficient (Wildman–Crippen LogP) is 5.87. The van der Waals surface area contributed by atoms with Gasteiger partial charge < -0.3 is 4.90 Å². The number of aryl methyl sites for hydroxylation is 4. The van der Waals surface area contributed by atoms with Crippen molar-refractivity contribution in [1.82, 2.24) is 0 Å². The first-order chi connectivity index (χ1) is 21.7. The van der Waals surface area contributed by atoms with Crippen LogP contribution in [0.15, 0.2) is 48.5 Å². The third kappa shape index (κ3) is 6.20. The quantitative estimate of drug-likeness (QED) is 0.204. The molecule has 0 unspecified atom stereocenters. The minimum absolute atomic E-state index is 0.280. The van der Waals surface area contributed by atoms with E-state index in [2.05, 4.69) is 14.1 Å². The van der Waals surface area contributed by atoms with Gasteiger partial charge in [0.25, 0.3) is 0 Å². The van der Waals surface area contributed by atoms with Gasteiger partial charge >= 0.3 is 0 Å². The molecule has 4 aromatic rings. The fourth-order valence-corrected chi connectivity index (χ4v) is 6.85. The highest BCUT2D eigenvalue weighted by molar-refractivity contribution is 7.20. The van der Waals surface area contributed by atoms with E-state index in [1.807, 2.05) is 0 Å². The van der Waals surface area contributed by atoms with E-state index in [0.717, 1.165) is 30.3 Å². The van der Waals surface area contributed by atoms with Gasteiger partial charge in [-0.3, -0.25) is 0 Å². The average Bonchev–Trinajstić information content (AvgIpc) is 3.02. The van der Waals surface area contributed by atoms with E-state index in [4.69, 9.17) is 0 Å². The Kier molecular flexibility index (Phi) is 10.7. The Labute approximate surface area is 265 Å². The monoisotopic (exact) mass is 647 g/mol. The van der Waals surface area contributed by atoms with Crippen LogP contribution < -0.4 is 26.8 Å². The van der Waals surface area contributed by atoms with Gasteiger partial charge in [-0.2, -0.15) is 0 Å². The van der Waals surface area contributed by atoms with Crippen molar-refractivity contribution in [3.8, 4) is 0 Å². The van der Waals surface area contributed by atoms with Gasteiger partial charge in [0.05, 0.1) is 66.7 Å². The van der Waals surface area contributed by atoms with E-state index in [-0.39, 0.29) is 22.3 Å². The minimum atomic E-state index is -4.50. The largest absolute Gasteiger partial charge is 0.337 e. The summed E-state index contributed by atoms with van der Waals surface area (Å²) < 4.78 is 127. The van der Waals surface area contributed by atoms with Crippen LogP contribution in [0.5, 0.6) is 0 Å². The van der Waals surface area contributed by atoms with Gasteiger partial charge in [0.1, 0.15) is 6.15 Å². The van der Waals surface area contributed by atoms with E-state index in [0.29, 0.717) is 24.3 Å². The lowest BCUT2D eigenvalue weighted by atomic mass is 9.12. The summed E-state index contributed by atoms with van der Waals surface area (Å²) in [5.41, 5.74) is -6.19. The summed E-state index contributed by atoms with van der Waals surface area (Å²) >= 11 is 0. The van der Waals surface area contributed by atoms with E-state index >= 15 is 35.1 Å². The maximum absolute atomic E-state index is 15.9. The van der Waals surface area contributed by atoms with Crippen LogP contribution in [-0.2, 0) is 0 Å². The summed E-state index contributed by atoms with van der Waals surface area (Å²) in [6, 6.07) is 7.79. The van der Waals surface area contributed by atoms with E-state index in [9.17, 15) is 0 Å². The molecule has 1 nitrogen and oxygen atoms in total. The van der Waals surface area contributed by atoms with Crippen molar-refractivity contribution in [2.45, 2.75) is 65.8 Å². The van der Waals surface area contributed by atoms with Crippen molar-refractivity contribution < 1.29 is 40.0 Å². The van der Waals surface area contributed by atoms with Crippen LogP contribution in [0.25, 0.3) is 0 Å². The molecule has 1 aliphatic carbocycles. The Bertz CT molecular complexity index is 1510. The Morgan fingerprint density at radius 2 is 0.717 bits per heavy atom. The average molecular weight is 648 g/mol. The number of halogens is 8. The van der Waals surface area contributed by atoms with Crippen LogP contribution in [-0.4, -0.2) is 26.3 Å². The minimum Gasteiger partial charge on any atom is -0.337 e. The molecule has 46 heavy (non-hydrogen) atoms. The van der Waals surface area contributed by atoms with Gasteiger partial charge in [0.2, 0.25) is 0 Å². The van der Waals surface area contributed by atoms with Gasteiger partial charge in [-0.05, 0) is 99.9 Å². The second-order valence-corrected chi connectivity index (χ2v) is 12.6. The van der Waals surface area contributed by atoms with Crippen molar-refractivity contribution >= 4 is 28.0 Å². The molecule has 1 saturated carbocycles. The first kappa shape index (κ1) is 35.2. The van der Waals surface area contributed by atoms with Crippen molar-refractivity contribution in [1.29, 1.82) is 0 Å². The highest BCUT2D eigenvalue weighted by Crippen LogP contribution is 2.25. The first-order valence-electron chi connectivity index (χ1n) is 15.4. The molecule has 0 amide bonds. The van der Waals surface area contributed by atoms with Gasteiger partial charge in [-0.15, -0.1) is 21.9 Å². The summed E-state index contributed by atoms with van der Waals surface area (Å²) in [6.07, 6.45) is 2.84. The highest BCUT2D eigenvalue weighted by Gasteiger charge is 2.46. The number of hydrogen-bond acceptors (Lipinski definition) is 0. The molecule has 10 heteroatoms. The van der Waals surface area contributed by atoms with Crippen molar-refractivity contribution in [2.75, 3.05) is 14.1 Å². The Morgan fingerprint density at radius 3 is 0.935 bits per heavy atom. The fourth-order valence-electron chi connectivity index (χ4n) is 6.85. The third-order valence-corrected chi connectivity index (χ3v) is 9.43. The van der Waals surface area contributed by atoms with Crippen LogP contribution in [0.2, 0.25) is 0 Å². The van der Waals surface area contributed by atoms with E-state index in [1.165, 1.54) is 59.8 Å². The number of nitrogens with one attached hydrogen (secondary N) is 1. The summed E-state index contributed by atoms with van der Waals surface area (Å²) in [5.74, 6) is -11.8. The van der Waals surface area contributed by atoms with Gasteiger partial charge in [-0.25, -0.2) is 35.1 Å². The van der Waals surface area contributed by atoms with Gasteiger partial charge in [0, 0.05) is 0 Å². The first-order valence-corrected chi connectivity index (χ1v) is 15.4. The normalized spacial score (nSPS) is 14.0. The zero-order chi connectivity index (χ0) is 34.1. The second-order valence-electron chi connectivity index (χ2n) is 12.6. The van der Waals surface area contributed by atoms with Crippen molar-refractivity contribution in [3.63, 3.8) is 0 Å². The molecule has 0 atom stereocenters. The molecule has 1 aliphatic rings. The lowest BCUT2D eigenvalue weighted by Gasteiger charge is -2.45. The lowest BCUT2D eigenvalue weighted by Crippen LogP contribution is -3.10. The molecule has 246 valence electrons. The predicted molar refractivity (Wildman–Crippen MR) is 168 cm³/mol. The van der Waals surface area contributed by atoms with Crippen molar-refractivity contribution in [3.05, 3.63) is 117 Å². The number of hydrogen-bond donors (Lipinski definition) is 1. The molecule has 1 N–H and O–H groups in total. The second kappa shape index (κ2) is 14.0. The Morgan fingerprint density at radius 1 is 0.457 bits per heavy atom. The molecule has 1 fully saturated rings. The molecule has 0 heterocycles. The summed E-state index contributed by atoms with van der Waals surface area (Å²) in [7, 11) is 4.55. The number of quaternary nitrogens is 1. The van der Waals surface area contributed by atoms with Crippen LogP contribution in [0.4, 0.5) is 35.1 Å². The molecule has 0 radical (unpaired) electrons. The molecule has 0 aromatic heterocycles. The maximum atomic E-state index is 15.9. The van der Waals surface area contributed by atoms with Crippen LogP contribution in [0.1, 0.15) is 54.4 Å². The third-order valence-electron chi connectivity index (χ3n) is 9.43. The van der Waals surface area contributed by atoms with Crippen molar-refractivity contribution in [2.24, 2.45) is 0 Å². The smallest absolute Gasteiger partial charge is 0.136 e. The zero-order valence-corrected chi connectivity index (χ0v) is 26.8. The van der Waals surface area contributed by atoms with Crippen LogP contribution in [0.3, 0.4) is 0 Å². The molecule has 0 bridgehead atoms. The lowest BCUT2D eigenvalue weighted by molar-refractivity contribution is -0.887. The molecular formula is C36H38BF8N. The Balaban J connectivity index is 0.000000459. The van der Waals surface area contributed by atoms with Gasteiger partial charge in [0.15, 0.2) is 0 Å². The van der Waals surface area contributed by atoms with Gasteiger partial charge in [-0.1, -0.05) is 30.7 Å². The number of rotatable bonds is 5. The van der Waals surface area contributed by atoms with E-state index < -0.39 is 74.5 Å². The SMILES string of the molecule is C[NH+](C)C1CCCCC1.Cc1ccc(F)c([B-](c2c(F)ccc(C)c2F)(c2c(F)ccc(C)c2F)c2c(F)ccc(C)c2F)c1F. The maximum Gasteiger partial charge on any atom is 0.136 e. The molecule has 0 saturated heterocycles. The molecule has 5 rings (SSSR count). The zero-order valence-electron chi connectivity index (χ0n) is 26.8. The van der Waals surface area contributed by atoms with E-state index in [1.54, 1.807) is 4.90 Å². The molecule has 0 spiro atoms. The standard InChI is InChI=1S/C28H20BF8.C8H17N/c1-13-5-9-17(30)21(25(13)34)29(22-18(31)10-6-14(2)26(22)35,23-19(32)11-7-15(3)27(23)36)24-20(33)12-8-16(4)28(24)37;1-9(2)8-6-4-3-5-7-8/h5-12H,1-4H3;8H,3-7H2,1-2H3/q-1;/p+1. The summed E-state index contributed by atoms with van der Waals surface area (Å²) in [5, 5.41) is 0. The molecule has 4 aromatic carbocycles.